The average molecular weight is 240 g/mol. The Labute approximate surface area is 104 Å². The highest BCUT2D eigenvalue weighted by Gasteiger charge is 2.20. The van der Waals surface area contributed by atoms with Crippen LogP contribution in [0.15, 0.2) is 18.2 Å². The van der Waals surface area contributed by atoms with Crippen molar-refractivity contribution in [2.45, 2.75) is 39.7 Å². The van der Waals surface area contributed by atoms with E-state index >= 15 is 0 Å². The van der Waals surface area contributed by atoms with E-state index in [-0.39, 0.29) is 0 Å². The van der Waals surface area contributed by atoms with Gasteiger partial charge >= 0.3 is 0 Å². The van der Waals surface area contributed by atoms with Crippen LogP contribution in [0, 0.1) is 12.8 Å². The number of halogens is 1. The van der Waals surface area contributed by atoms with Crippen LogP contribution in [0.2, 0.25) is 5.02 Å². The first-order chi connectivity index (χ1) is 7.63. The zero-order chi connectivity index (χ0) is 12.1. The first-order valence-corrected chi connectivity index (χ1v) is 6.45. The highest BCUT2D eigenvalue weighted by molar-refractivity contribution is 6.30. The van der Waals surface area contributed by atoms with E-state index in [9.17, 15) is 0 Å². The maximum absolute atomic E-state index is 6.08. The van der Waals surface area contributed by atoms with Gasteiger partial charge in [-0.3, -0.25) is 0 Å². The molecule has 0 aliphatic carbocycles. The Morgan fingerprint density at radius 3 is 2.38 bits per heavy atom. The van der Waals surface area contributed by atoms with Gasteiger partial charge in [0.2, 0.25) is 0 Å². The fourth-order valence-corrected chi connectivity index (χ4v) is 2.53. The second-order valence-electron chi connectivity index (χ2n) is 4.34. The summed E-state index contributed by atoms with van der Waals surface area (Å²) in [6.45, 7) is 6.65. The smallest absolute Gasteiger partial charge is 0.0409 e. The molecule has 1 unspecified atom stereocenters. The molecule has 1 rings (SSSR count). The standard InChI is InChI=1S/C14H22ClN/c1-5-11(6-2)14(16-4)13-9-12(15)8-7-10(13)3/h7-9,11,14,16H,5-6H2,1-4H3. The molecule has 0 saturated heterocycles. The van der Waals surface area contributed by atoms with Crippen LogP contribution >= 0.6 is 11.6 Å². The Bertz CT molecular complexity index is 332. The minimum absolute atomic E-state index is 0.411. The van der Waals surface area contributed by atoms with Gasteiger partial charge in [-0.2, -0.15) is 0 Å². The largest absolute Gasteiger partial charge is 0.313 e. The van der Waals surface area contributed by atoms with Crippen molar-refractivity contribution in [3.63, 3.8) is 0 Å². The van der Waals surface area contributed by atoms with E-state index in [0.29, 0.717) is 12.0 Å². The topological polar surface area (TPSA) is 12.0 Å². The van der Waals surface area contributed by atoms with Crippen LogP contribution in [0.4, 0.5) is 0 Å². The third-order valence-electron chi connectivity index (χ3n) is 3.41. The average Bonchev–Trinajstić information content (AvgIpc) is 2.29. The second-order valence-corrected chi connectivity index (χ2v) is 4.78. The molecule has 0 spiro atoms. The van der Waals surface area contributed by atoms with Gasteiger partial charge in [0.1, 0.15) is 0 Å². The number of nitrogens with one attached hydrogen (secondary N) is 1. The molecule has 16 heavy (non-hydrogen) atoms. The van der Waals surface area contributed by atoms with Gasteiger partial charge in [-0.15, -0.1) is 0 Å². The summed E-state index contributed by atoms with van der Waals surface area (Å²) in [5.41, 5.74) is 2.65. The Morgan fingerprint density at radius 1 is 1.25 bits per heavy atom. The van der Waals surface area contributed by atoms with Gasteiger partial charge in [0.25, 0.3) is 0 Å². The van der Waals surface area contributed by atoms with Crippen LogP contribution in [0.1, 0.15) is 43.9 Å². The molecule has 0 aliphatic heterocycles. The number of hydrogen-bond donors (Lipinski definition) is 1. The molecule has 1 aromatic carbocycles. The van der Waals surface area contributed by atoms with Crippen molar-refractivity contribution in [2.75, 3.05) is 7.05 Å². The van der Waals surface area contributed by atoms with Crippen LogP contribution in [0.25, 0.3) is 0 Å². The van der Waals surface area contributed by atoms with Crippen LogP contribution < -0.4 is 5.32 Å². The van der Waals surface area contributed by atoms with E-state index in [1.54, 1.807) is 0 Å². The second kappa shape index (κ2) is 6.27. The predicted octanol–water partition coefficient (Wildman–Crippen LogP) is 4.35. The van der Waals surface area contributed by atoms with Gasteiger partial charge in [0.15, 0.2) is 0 Å². The highest BCUT2D eigenvalue weighted by Crippen LogP contribution is 2.30. The molecule has 90 valence electrons. The number of aryl methyl sites for hydroxylation is 1. The van der Waals surface area contributed by atoms with Gasteiger partial charge < -0.3 is 5.32 Å². The van der Waals surface area contributed by atoms with Crippen molar-refractivity contribution in [3.05, 3.63) is 34.3 Å². The minimum Gasteiger partial charge on any atom is -0.313 e. The summed E-state index contributed by atoms with van der Waals surface area (Å²) >= 11 is 6.08. The molecule has 0 radical (unpaired) electrons. The molecule has 1 aromatic rings. The molecule has 1 nitrogen and oxygen atoms in total. The Morgan fingerprint density at radius 2 is 1.88 bits per heavy atom. The lowest BCUT2D eigenvalue weighted by Gasteiger charge is -2.27. The number of benzene rings is 1. The van der Waals surface area contributed by atoms with E-state index in [4.69, 9.17) is 11.6 Å². The summed E-state index contributed by atoms with van der Waals surface area (Å²) < 4.78 is 0. The van der Waals surface area contributed by atoms with Crippen molar-refractivity contribution in [3.8, 4) is 0 Å². The summed E-state index contributed by atoms with van der Waals surface area (Å²) in [7, 11) is 2.03. The molecule has 0 amide bonds. The highest BCUT2D eigenvalue weighted by atomic mass is 35.5. The Kier molecular flexibility index (Phi) is 5.30. The lowest BCUT2D eigenvalue weighted by atomic mass is 9.87. The van der Waals surface area contributed by atoms with E-state index in [1.165, 1.54) is 24.0 Å². The fraction of sp³-hybridized carbons (Fsp3) is 0.571. The van der Waals surface area contributed by atoms with Crippen LogP contribution in [-0.4, -0.2) is 7.05 Å². The van der Waals surface area contributed by atoms with Gasteiger partial charge in [-0.1, -0.05) is 44.4 Å². The molecule has 0 aliphatic rings. The first-order valence-electron chi connectivity index (χ1n) is 6.07. The predicted molar refractivity (Wildman–Crippen MR) is 72.1 cm³/mol. The van der Waals surface area contributed by atoms with Crippen LogP contribution in [-0.2, 0) is 0 Å². The quantitative estimate of drug-likeness (QED) is 0.806. The molecular weight excluding hydrogens is 218 g/mol. The van der Waals surface area contributed by atoms with Gasteiger partial charge in [0, 0.05) is 11.1 Å². The van der Waals surface area contributed by atoms with Crippen LogP contribution in [0.5, 0.6) is 0 Å². The fourth-order valence-electron chi connectivity index (χ4n) is 2.35. The zero-order valence-electron chi connectivity index (χ0n) is 10.7. The normalized spacial score (nSPS) is 13.1. The molecule has 1 N–H and O–H groups in total. The molecule has 1 atom stereocenters. The third-order valence-corrected chi connectivity index (χ3v) is 3.64. The number of hydrogen-bond acceptors (Lipinski definition) is 1. The monoisotopic (exact) mass is 239 g/mol. The molecule has 0 heterocycles. The molecule has 0 aromatic heterocycles. The van der Waals surface area contributed by atoms with E-state index < -0.39 is 0 Å². The summed E-state index contributed by atoms with van der Waals surface area (Å²) in [5, 5.41) is 4.26. The van der Waals surface area contributed by atoms with Gasteiger partial charge in [-0.25, -0.2) is 0 Å². The van der Waals surface area contributed by atoms with Crippen molar-refractivity contribution in [1.82, 2.24) is 5.32 Å². The van der Waals surface area contributed by atoms with Crippen molar-refractivity contribution in [1.29, 1.82) is 0 Å². The van der Waals surface area contributed by atoms with E-state index in [1.807, 2.05) is 13.1 Å². The minimum atomic E-state index is 0.411. The Balaban J connectivity index is 3.06. The SMILES string of the molecule is CCC(CC)C(NC)c1cc(Cl)ccc1C. The third kappa shape index (κ3) is 2.99. The molecular formula is C14H22ClN. The van der Waals surface area contributed by atoms with E-state index in [2.05, 4.69) is 38.2 Å². The Hall–Kier alpha value is -0.530. The number of rotatable bonds is 5. The van der Waals surface area contributed by atoms with Crippen molar-refractivity contribution in [2.24, 2.45) is 5.92 Å². The summed E-state index contributed by atoms with van der Waals surface area (Å²) in [4.78, 5) is 0. The maximum atomic E-state index is 6.08. The summed E-state index contributed by atoms with van der Waals surface area (Å²) in [6.07, 6.45) is 2.38. The van der Waals surface area contributed by atoms with Gasteiger partial charge in [-0.05, 0) is 43.1 Å². The molecule has 0 fully saturated rings. The first kappa shape index (κ1) is 13.5. The zero-order valence-corrected chi connectivity index (χ0v) is 11.4. The van der Waals surface area contributed by atoms with Crippen LogP contribution in [0.3, 0.4) is 0 Å². The van der Waals surface area contributed by atoms with Crippen molar-refractivity contribution >= 4 is 11.6 Å². The lowest BCUT2D eigenvalue weighted by Crippen LogP contribution is -2.25. The maximum Gasteiger partial charge on any atom is 0.0409 e. The molecule has 2 heteroatoms. The molecule has 0 saturated carbocycles. The van der Waals surface area contributed by atoms with E-state index in [0.717, 1.165) is 5.02 Å². The molecule has 0 bridgehead atoms. The summed E-state index contributed by atoms with van der Waals surface area (Å²) in [6, 6.07) is 6.56. The summed E-state index contributed by atoms with van der Waals surface area (Å²) in [5.74, 6) is 0.669. The lowest BCUT2D eigenvalue weighted by molar-refractivity contribution is 0.358. The van der Waals surface area contributed by atoms with Gasteiger partial charge in [0.05, 0.1) is 0 Å². The van der Waals surface area contributed by atoms with Crippen molar-refractivity contribution < 1.29 is 0 Å².